The number of rotatable bonds is 10. The molecule has 0 aliphatic heterocycles. The normalized spacial score (nSPS) is 13.0. The van der Waals surface area contributed by atoms with E-state index in [2.05, 4.69) is 52.8 Å². The number of carboxylic acid groups (broad SMARTS) is 1. The fourth-order valence-electron chi connectivity index (χ4n) is 4.27. The van der Waals surface area contributed by atoms with E-state index < -0.39 is 12.3 Å². The summed E-state index contributed by atoms with van der Waals surface area (Å²) < 4.78 is 11.2. The highest BCUT2D eigenvalue weighted by atomic mass is 16.6. The number of aliphatic carboxylic acids is 1. The van der Waals surface area contributed by atoms with E-state index in [1.54, 1.807) is 0 Å². The molecule has 0 heterocycles. The molecule has 0 saturated heterocycles. The molecule has 2 aromatic rings. The number of hydrogen-bond acceptors (Lipinski definition) is 4. The van der Waals surface area contributed by atoms with E-state index in [1.165, 1.54) is 11.1 Å². The predicted molar refractivity (Wildman–Crippen MR) is 128 cm³/mol. The van der Waals surface area contributed by atoms with Crippen molar-refractivity contribution in [1.29, 1.82) is 0 Å². The number of aliphatic hydroxyl groups excluding tert-OH is 1. The molecule has 0 aliphatic carbocycles. The average Bonchev–Trinajstić information content (AvgIpc) is 2.69. The second kappa shape index (κ2) is 10.4. The highest BCUT2D eigenvalue weighted by Crippen LogP contribution is 2.41. The van der Waals surface area contributed by atoms with Crippen LogP contribution in [0, 0.1) is 19.3 Å². The van der Waals surface area contributed by atoms with Crippen molar-refractivity contribution >= 4 is 5.97 Å². The van der Waals surface area contributed by atoms with Crippen LogP contribution in [0.5, 0.6) is 11.5 Å². The van der Waals surface area contributed by atoms with Crippen LogP contribution in [0.15, 0.2) is 36.4 Å². The van der Waals surface area contributed by atoms with Crippen LogP contribution in [0.4, 0.5) is 0 Å². The molecule has 0 bridgehead atoms. The molecule has 176 valence electrons. The second-order valence-electron chi connectivity index (χ2n) is 9.77. The smallest absolute Gasteiger partial charge is 0.341 e. The quantitative estimate of drug-likeness (QED) is 0.441. The van der Waals surface area contributed by atoms with Crippen LogP contribution in [0.2, 0.25) is 0 Å². The minimum absolute atomic E-state index is 0.0228. The standard InChI is InChI=1S/C27H38O5/c1-8-27(9-2,20-10-12-22(18(3)14-20)31-17-24(28)29)21-11-13-23(19(4)15-21)32-25(30)16-26(5,6)7/h10-15,25,30H,8-9,16-17H2,1-7H3,(H,28,29). The fourth-order valence-corrected chi connectivity index (χ4v) is 4.27. The molecule has 0 fully saturated rings. The number of aliphatic hydroxyl groups is 1. The van der Waals surface area contributed by atoms with E-state index in [9.17, 15) is 9.90 Å². The largest absolute Gasteiger partial charge is 0.482 e. The Hall–Kier alpha value is -2.53. The fraction of sp³-hybridized carbons (Fsp3) is 0.519. The highest BCUT2D eigenvalue weighted by Gasteiger charge is 2.32. The van der Waals surface area contributed by atoms with Gasteiger partial charge >= 0.3 is 5.97 Å². The molecule has 2 aromatic carbocycles. The number of carboxylic acids is 1. The third kappa shape index (κ3) is 6.26. The summed E-state index contributed by atoms with van der Waals surface area (Å²) >= 11 is 0. The Morgan fingerprint density at radius 3 is 1.84 bits per heavy atom. The van der Waals surface area contributed by atoms with Crippen molar-refractivity contribution in [3.8, 4) is 11.5 Å². The van der Waals surface area contributed by atoms with Gasteiger partial charge in [-0.3, -0.25) is 0 Å². The number of carbonyl (C=O) groups is 1. The maximum atomic E-state index is 10.8. The van der Waals surface area contributed by atoms with Crippen LogP contribution < -0.4 is 9.47 Å². The highest BCUT2D eigenvalue weighted by molar-refractivity contribution is 5.68. The van der Waals surface area contributed by atoms with Gasteiger partial charge in [0.2, 0.25) is 0 Å². The van der Waals surface area contributed by atoms with Gasteiger partial charge in [0.15, 0.2) is 12.9 Å². The summed E-state index contributed by atoms with van der Waals surface area (Å²) in [6.07, 6.45) is 1.52. The van der Waals surface area contributed by atoms with Gasteiger partial charge in [-0.25, -0.2) is 4.79 Å². The van der Waals surface area contributed by atoms with E-state index >= 15 is 0 Å². The van der Waals surface area contributed by atoms with Crippen molar-refractivity contribution in [2.75, 3.05) is 6.61 Å². The zero-order chi connectivity index (χ0) is 24.1. The number of benzene rings is 2. The van der Waals surface area contributed by atoms with Gasteiger partial charge in [0, 0.05) is 11.8 Å². The lowest BCUT2D eigenvalue weighted by Crippen LogP contribution is -2.27. The second-order valence-corrected chi connectivity index (χ2v) is 9.77. The molecular weight excluding hydrogens is 404 g/mol. The first-order valence-electron chi connectivity index (χ1n) is 11.3. The molecular formula is C27H38O5. The van der Waals surface area contributed by atoms with Gasteiger partial charge in [0.05, 0.1) is 0 Å². The third-order valence-electron chi connectivity index (χ3n) is 6.06. The van der Waals surface area contributed by atoms with Crippen LogP contribution in [-0.4, -0.2) is 29.1 Å². The van der Waals surface area contributed by atoms with Crippen LogP contribution in [0.1, 0.15) is 76.1 Å². The maximum Gasteiger partial charge on any atom is 0.341 e. The Kier molecular flexibility index (Phi) is 8.35. The van der Waals surface area contributed by atoms with Gasteiger partial charge in [-0.15, -0.1) is 0 Å². The van der Waals surface area contributed by atoms with E-state index in [4.69, 9.17) is 14.6 Å². The van der Waals surface area contributed by atoms with Crippen molar-refractivity contribution in [2.45, 2.75) is 79.4 Å². The summed E-state index contributed by atoms with van der Waals surface area (Å²) in [6, 6.07) is 12.2. The van der Waals surface area contributed by atoms with Gasteiger partial charge in [-0.05, 0) is 66.5 Å². The third-order valence-corrected chi connectivity index (χ3v) is 6.06. The number of hydrogen-bond donors (Lipinski definition) is 2. The summed E-state index contributed by atoms with van der Waals surface area (Å²) in [5.74, 6) is 0.292. The molecule has 2 rings (SSSR count). The van der Waals surface area contributed by atoms with Crippen LogP contribution in [-0.2, 0) is 10.2 Å². The first kappa shape index (κ1) is 25.7. The summed E-state index contributed by atoms with van der Waals surface area (Å²) in [4.78, 5) is 10.8. The first-order chi connectivity index (χ1) is 14.9. The minimum Gasteiger partial charge on any atom is -0.482 e. The SMILES string of the molecule is CCC(CC)(c1ccc(OCC(=O)O)c(C)c1)c1ccc(OC(O)CC(C)(C)C)c(C)c1. The number of aryl methyl sites for hydroxylation is 2. The monoisotopic (exact) mass is 442 g/mol. The molecule has 0 radical (unpaired) electrons. The number of ether oxygens (including phenoxy) is 2. The van der Waals surface area contributed by atoms with Crippen molar-refractivity contribution < 1.29 is 24.5 Å². The molecule has 0 saturated carbocycles. The van der Waals surface area contributed by atoms with Crippen LogP contribution in [0.25, 0.3) is 0 Å². The van der Waals surface area contributed by atoms with Crippen molar-refractivity contribution in [2.24, 2.45) is 5.41 Å². The average molecular weight is 443 g/mol. The zero-order valence-electron chi connectivity index (χ0n) is 20.5. The first-order valence-corrected chi connectivity index (χ1v) is 11.3. The predicted octanol–water partition coefficient (Wildman–Crippen LogP) is 6.01. The van der Waals surface area contributed by atoms with Crippen molar-refractivity contribution in [3.63, 3.8) is 0 Å². The summed E-state index contributed by atoms with van der Waals surface area (Å²) in [7, 11) is 0. The molecule has 0 aromatic heterocycles. The summed E-state index contributed by atoms with van der Waals surface area (Å²) in [6.45, 7) is 14.2. The minimum atomic E-state index is -0.990. The molecule has 0 spiro atoms. The lowest BCUT2D eigenvalue weighted by atomic mass is 9.70. The van der Waals surface area contributed by atoms with Gasteiger partial charge < -0.3 is 19.7 Å². The van der Waals surface area contributed by atoms with Gasteiger partial charge in [-0.2, -0.15) is 0 Å². The Morgan fingerprint density at radius 2 is 1.44 bits per heavy atom. The Morgan fingerprint density at radius 1 is 0.938 bits per heavy atom. The maximum absolute atomic E-state index is 10.8. The molecule has 0 aliphatic rings. The van der Waals surface area contributed by atoms with E-state index in [0.717, 1.165) is 24.0 Å². The van der Waals surface area contributed by atoms with Crippen molar-refractivity contribution in [3.05, 3.63) is 58.7 Å². The van der Waals surface area contributed by atoms with E-state index in [-0.39, 0.29) is 17.4 Å². The Balaban J connectivity index is 2.36. The summed E-state index contributed by atoms with van der Waals surface area (Å²) in [5, 5.41) is 19.2. The Bertz CT molecular complexity index is 922. The van der Waals surface area contributed by atoms with Crippen LogP contribution >= 0.6 is 0 Å². The zero-order valence-corrected chi connectivity index (χ0v) is 20.5. The molecule has 1 unspecified atom stereocenters. The van der Waals surface area contributed by atoms with E-state index in [0.29, 0.717) is 17.9 Å². The topological polar surface area (TPSA) is 76.0 Å². The van der Waals surface area contributed by atoms with Gasteiger partial charge in [0.1, 0.15) is 11.5 Å². The molecule has 0 amide bonds. The van der Waals surface area contributed by atoms with Crippen LogP contribution in [0.3, 0.4) is 0 Å². The molecule has 5 heteroatoms. The molecule has 5 nitrogen and oxygen atoms in total. The lowest BCUT2D eigenvalue weighted by Gasteiger charge is -2.34. The molecule has 1 atom stereocenters. The van der Waals surface area contributed by atoms with Gasteiger partial charge in [0.25, 0.3) is 0 Å². The summed E-state index contributed by atoms with van der Waals surface area (Å²) in [5.41, 5.74) is 4.05. The van der Waals surface area contributed by atoms with Gasteiger partial charge in [-0.1, -0.05) is 58.9 Å². The Labute approximate surface area is 192 Å². The lowest BCUT2D eigenvalue weighted by molar-refractivity contribution is -0.139. The molecule has 2 N–H and O–H groups in total. The molecule has 32 heavy (non-hydrogen) atoms. The van der Waals surface area contributed by atoms with Crippen molar-refractivity contribution in [1.82, 2.24) is 0 Å². The van der Waals surface area contributed by atoms with E-state index in [1.807, 2.05) is 32.0 Å².